The molecule has 0 aromatic heterocycles. The number of hydrogen-bond acceptors (Lipinski definition) is 3. The molecular formula is C15H33N3O2. The number of carbonyl (C=O) groups is 1. The van der Waals surface area contributed by atoms with Crippen molar-refractivity contribution in [2.45, 2.75) is 53.2 Å². The first-order valence-electron chi connectivity index (χ1n) is 7.39. The largest absolute Gasteiger partial charge is 0.391 e. The second-order valence-electron chi connectivity index (χ2n) is 7.32. The highest BCUT2D eigenvalue weighted by Crippen LogP contribution is 2.18. The Bertz CT molecular complexity index is 275. The summed E-state index contributed by atoms with van der Waals surface area (Å²) in [6.07, 6.45) is 0.388. The Labute approximate surface area is 124 Å². The molecule has 0 saturated heterocycles. The van der Waals surface area contributed by atoms with Crippen LogP contribution < -0.4 is 10.6 Å². The lowest BCUT2D eigenvalue weighted by atomic mass is 9.89. The summed E-state index contributed by atoms with van der Waals surface area (Å²) >= 11 is 0. The van der Waals surface area contributed by atoms with Crippen molar-refractivity contribution in [2.75, 3.05) is 27.2 Å². The first-order chi connectivity index (χ1) is 9.02. The molecule has 0 aromatic rings. The molecule has 0 aromatic carbocycles. The van der Waals surface area contributed by atoms with Crippen LogP contribution in [0.3, 0.4) is 0 Å². The molecule has 0 aliphatic rings. The number of likely N-dealkylation sites (N-methyl/N-ethyl adjacent to an activating group) is 1. The lowest BCUT2D eigenvalue weighted by Gasteiger charge is -2.27. The summed E-state index contributed by atoms with van der Waals surface area (Å²) in [7, 11) is 3.99. The predicted molar refractivity (Wildman–Crippen MR) is 83.8 cm³/mol. The Morgan fingerprint density at radius 2 is 1.80 bits per heavy atom. The van der Waals surface area contributed by atoms with Gasteiger partial charge in [0.05, 0.1) is 6.10 Å². The summed E-state index contributed by atoms with van der Waals surface area (Å²) in [6, 6.07) is -0.0856. The van der Waals surface area contributed by atoms with E-state index in [2.05, 4.69) is 29.4 Å². The molecule has 0 spiro atoms. The number of amides is 2. The summed E-state index contributed by atoms with van der Waals surface area (Å²) in [5, 5.41) is 15.6. The fourth-order valence-corrected chi connectivity index (χ4v) is 1.92. The second-order valence-corrected chi connectivity index (χ2v) is 7.32. The average molecular weight is 287 g/mol. The van der Waals surface area contributed by atoms with Crippen molar-refractivity contribution in [3.05, 3.63) is 0 Å². The normalized spacial score (nSPS) is 15.3. The van der Waals surface area contributed by atoms with Crippen molar-refractivity contribution in [1.29, 1.82) is 0 Å². The molecule has 20 heavy (non-hydrogen) atoms. The summed E-state index contributed by atoms with van der Waals surface area (Å²) in [4.78, 5) is 14.0. The van der Waals surface area contributed by atoms with Crippen LogP contribution in [-0.4, -0.2) is 55.4 Å². The van der Waals surface area contributed by atoms with Gasteiger partial charge < -0.3 is 20.6 Å². The minimum atomic E-state index is -0.550. The maximum atomic E-state index is 11.9. The number of nitrogens with zero attached hydrogens (tertiary/aromatic N) is 1. The van der Waals surface area contributed by atoms with E-state index in [0.717, 1.165) is 13.0 Å². The molecular weight excluding hydrogens is 254 g/mol. The number of urea groups is 1. The van der Waals surface area contributed by atoms with Gasteiger partial charge in [-0.05, 0) is 31.8 Å². The van der Waals surface area contributed by atoms with Crippen LogP contribution in [0.4, 0.5) is 4.79 Å². The third kappa shape index (κ3) is 9.15. The van der Waals surface area contributed by atoms with Crippen molar-refractivity contribution < 1.29 is 9.90 Å². The van der Waals surface area contributed by atoms with Crippen LogP contribution in [0.1, 0.15) is 41.0 Å². The predicted octanol–water partition coefficient (Wildman–Crippen LogP) is 1.67. The number of aliphatic hydroxyl groups is 1. The smallest absolute Gasteiger partial charge is 0.315 e. The van der Waals surface area contributed by atoms with E-state index in [1.165, 1.54) is 0 Å². The standard InChI is InChI=1S/C15H33N3O2/c1-11(2)8-12(10-18(6)7)17-14(20)16-9-13(19)15(3,4)5/h11-13,19H,8-10H2,1-7H3,(H2,16,17,20). The number of nitrogens with one attached hydrogen (secondary N) is 2. The van der Waals surface area contributed by atoms with E-state index >= 15 is 0 Å². The van der Waals surface area contributed by atoms with Gasteiger partial charge in [-0.1, -0.05) is 34.6 Å². The molecule has 5 nitrogen and oxygen atoms in total. The van der Waals surface area contributed by atoms with Crippen LogP contribution in [0.5, 0.6) is 0 Å². The topological polar surface area (TPSA) is 64.6 Å². The molecule has 0 heterocycles. The van der Waals surface area contributed by atoms with E-state index in [9.17, 15) is 9.90 Å². The lowest BCUT2D eigenvalue weighted by Crippen LogP contribution is -2.49. The van der Waals surface area contributed by atoms with Crippen LogP contribution in [0.25, 0.3) is 0 Å². The molecule has 0 fully saturated rings. The van der Waals surface area contributed by atoms with E-state index in [1.807, 2.05) is 34.9 Å². The van der Waals surface area contributed by atoms with E-state index in [0.29, 0.717) is 5.92 Å². The number of hydrogen-bond donors (Lipinski definition) is 3. The van der Waals surface area contributed by atoms with Crippen LogP contribution in [0.15, 0.2) is 0 Å². The Hall–Kier alpha value is -0.810. The number of rotatable bonds is 7. The van der Waals surface area contributed by atoms with E-state index in [-0.39, 0.29) is 24.0 Å². The van der Waals surface area contributed by atoms with Crippen LogP contribution in [0, 0.1) is 11.3 Å². The van der Waals surface area contributed by atoms with Crippen LogP contribution in [-0.2, 0) is 0 Å². The lowest BCUT2D eigenvalue weighted by molar-refractivity contribution is 0.0648. The second kappa shape index (κ2) is 8.47. The van der Waals surface area contributed by atoms with E-state index in [4.69, 9.17) is 0 Å². The molecule has 0 bridgehead atoms. The molecule has 0 saturated carbocycles. The summed E-state index contributed by atoms with van der Waals surface area (Å²) in [6.45, 7) is 11.2. The molecule has 2 amide bonds. The fraction of sp³-hybridized carbons (Fsp3) is 0.933. The summed E-state index contributed by atoms with van der Waals surface area (Å²) in [5.74, 6) is 0.528. The third-order valence-electron chi connectivity index (χ3n) is 3.13. The highest BCUT2D eigenvalue weighted by molar-refractivity contribution is 5.74. The van der Waals surface area contributed by atoms with Crippen molar-refractivity contribution in [3.8, 4) is 0 Å². The molecule has 3 N–H and O–H groups in total. The monoisotopic (exact) mass is 287 g/mol. The Morgan fingerprint density at radius 1 is 1.25 bits per heavy atom. The molecule has 0 radical (unpaired) electrons. The van der Waals surface area contributed by atoms with Gasteiger partial charge >= 0.3 is 6.03 Å². The van der Waals surface area contributed by atoms with E-state index in [1.54, 1.807) is 0 Å². The van der Waals surface area contributed by atoms with Gasteiger partial charge in [0.25, 0.3) is 0 Å². The summed E-state index contributed by atoms with van der Waals surface area (Å²) in [5.41, 5.74) is -0.228. The van der Waals surface area contributed by atoms with Gasteiger partial charge in [0.1, 0.15) is 0 Å². The minimum absolute atomic E-state index is 0.122. The average Bonchev–Trinajstić information content (AvgIpc) is 2.22. The molecule has 0 aliphatic carbocycles. The van der Waals surface area contributed by atoms with Gasteiger partial charge in [-0.2, -0.15) is 0 Å². The summed E-state index contributed by atoms with van der Waals surface area (Å²) < 4.78 is 0. The Kier molecular flexibility index (Phi) is 8.13. The highest BCUT2D eigenvalue weighted by atomic mass is 16.3. The van der Waals surface area contributed by atoms with Crippen molar-refractivity contribution >= 4 is 6.03 Å². The Balaban J connectivity index is 4.25. The van der Waals surface area contributed by atoms with Gasteiger partial charge in [0, 0.05) is 19.1 Å². The van der Waals surface area contributed by atoms with Crippen molar-refractivity contribution in [1.82, 2.24) is 15.5 Å². The van der Waals surface area contributed by atoms with Crippen molar-refractivity contribution in [3.63, 3.8) is 0 Å². The van der Waals surface area contributed by atoms with Crippen molar-refractivity contribution in [2.24, 2.45) is 11.3 Å². The first kappa shape index (κ1) is 19.2. The highest BCUT2D eigenvalue weighted by Gasteiger charge is 2.23. The Morgan fingerprint density at radius 3 is 2.20 bits per heavy atom. The van der Waals surface area contributed by atoms with Crippen LogP contribution >= 0.6 is 0 Å². The minimum Gasteiger partial charge on any atom is -0.391 e. The molecule has 2 unspecified atom stereocenters. The maximum Gasteiger partial charge on any atom is 0.315 e. The maximum absolute atomic E-state index is 11.9. The zero-order chi connectivity index (χ0) is 15.9. The molecule has 5 heteroatoms. The van der Waals surface area contributed by atoms with Gasteiger partial charge in [-0.25, -0.2) is 4.79 Å². The van der Waals surface area contributed by atoms with Gasteiger partial charge in [-0.3, -0.25) is 0 Å². The SMILES string of the molecule is CC(C)CC(CN(C)C)NC(=O)NCC(O)C(C)(C)C. The quantitative estimate of drug-likeness (QED) is 0.667. The molecule has 0 rings (SSSR count). The zero-order valence-electron chi connectivity index (χ0n) is 14.2. The molecule has 120 valence electrons. The van der Waals surface area contributed by atoms with Gasteiger partial charge in [0.15, 0.2) is 0 Å². The van der Waals surface area contributed by atoms with Crippen LogP contribution in [0.2, 0.25) is 0 Å². The first-order valence-corrected chi connectivity index (χ1v) is 7.39. The van der Waals surface area contributed by atoms with Gasteiger partial charge in [0.2, 0.25) is 0 Å². The molecule has 0 aliphatic heterocycles. The fourth-order valence-electron chi connectivity index (χ4n) is 1.92. The van der Waals surface area contributed by atoms with E-state index < -0.39 is 6.10 Å². The molecule has 2 atom stereocenters. The van der Waals surface area contributed by atoms with Gasteiger partial charge in [-0.15, -0.1) is 0 Å². The number of aliphatic hydroxyl groups excluding tert-OH is 1. The zero-order valence-corrected chi connectivity index (χ0v) is 14.2. The number of carbonyl (C=O) groups excluding carboxylic acids is 1. The third-order valence-corrected chi connectivity index (χ3v) is 3.13.